The molecule has 0 aliphatic rings. The normalized spacial score (nSPS) is 12.5. The molecular weight excluding hydrogens is 482 g/mol. The van der Waals surface area contributed by atoms with Gasteiger partial charge in [-0.2, -0.15) is 38.1 Å². The van der Waals surface area contributed by atoms with Crippen molar-refractivity contribution in [2.75, 3.05) is 23.4 Å². The van der Waals surface area contributed by atoms with Crippen LogP contribution in [0.4, 0.5) is 32.0 Å². The van der Waals surface area contributed by atoms with Gasteiger partial charge in [0, 0.05) is 43.3 Å². The van der Waals surface area contributed by atoms with Crippen LogP contribution in [-0.4, -0.2) is 51.4 Å². The zero-order valence-corrected chi connectivity index (χ0v) is 18.5. The van der Waals surface area contributed by atoms with E-state index < -0.39 is 36.3 Å². The number of amides is 1. The SMILES string of the molecule is N=C(Cl)/C(=C\Nc1cccnc1)N(CCCCC(F)(F)F)C(=O)CCSCCC(F)(F)F. The van der Waals surface area contributed by atoms with E-state index in [1.54, 1.807) is 12.1 Å². The highest BCUT2D eigenvalue weighted by Crippen LogP contribution is 2.24. The number of carbonyl (C=O) groups is 1. The fraction of sp³-hybridized carbons (Fsp3) is 0.526. The first-order chi connectivity index (χ1) is 14.9. The van der Waals surface area contributed by atoms with E-state index in [2.05, 4.69) is 10.3 Å². The van der Waals surface area contributed by atoms with Crippen LogP contribution >= 0.6 is 23.4 Å². The van der Waals surface area contributed by atoms with Gasteiger partial charge < -0.3 is 10.2 Å². The van der Waals surface area contributed by atoms with E-state index in [9.17, 15) is 31.1 Å². The Hall–Kier alpha value is -1.95. The largest absolute Gasteiger partial charge is 0.389 e. The maximum atomic E-state index is 12.7. The monoisotopic (exact) mass is 504 g/mol. The molecule has 0 aliphatic heterocycles. The Balaban J connectivity index is 2.83. The van der Waals surface area contributed by atoms with Gasteiger partial charge in [0.05, 0.1) is 24.0 Å². The molecule has 0 aliphatic carbocycles. The highest BCUT2D eigenvalue weighted by Gasteiger charge is 2.28. The van der Waals surface area contributed by atoms with E-state index in [1.165, 1.54) is 18.6 Å². The summed E-state index contributed by atoms with van der Waals surface area (Å²) in [6.45, 7) is -0.127. The summed E-state index contributed by atoms with van der Waals surface area (Å²) in [6.07, 6.45) is -6.74. The maximum Gasteiger partial charge on any atom is 0.389 e. The van der Waals surface area contributed by atoms with Crippen LogP contribution in [-0.2, 0) is 4.79 Å². The van der Waals surface area contributed by atoms with Gasteiger partial charge in [0.1, 0.15) is 5.17 Å². The van der Waals surface area contributed by atoms with Gasteiger partial charge in [0.15, 0.2) is 0 Å². The van der Waals surface area contributed by atoms with Crippen LogP contribution in [0, 0.1) is 5.41 Å². The summed E-state index contributed by atoms with van der Waals surface area (Å²) in [4.78, 5) is 17.7. The third kappa shape index (κ3) is 12.8. The lowest BCUT2D eigenvalue weighted by atomic mass is 10.2. The summed E-state index contributed by atoms with van der Waals surface area (Å²) >= 11 is 6.77. The number of aromatic nitrogens is 1. The van der Waals surface area contributed by atoms with Crippen molar-refractivity contribution in [2.24, 2.45) is 0 Å². The molecule has 0 atom stereocenters. The standard InChI is InChI=1S/C19H23ClF6N4OS/c20-17(27)15(13-29-14-4-3-8-28-12-14)30(9-2-1-6-18(21,22)23)16(31)5-10-32-11-7-19(24,25)26/h3-4,8,12-13,27,29H,1-2,5-7,9-11H2/b15-13+,27-17?. The number of rotatable bonds is 13. The minimum Gasteiger partial charge on any atom is -0.358 e. The van der Waals surface area contributed by atoms with Crippen molar-refractivity contribution in [1.29, 1.82) is 5.41 Å². The Kier molecular flexibility index (Phi) is 11.9. The van der Waals surface area contributed by atoms with Crippen molar-refractivity contribution in [2.45, 2.75) is 44.5 Å². The average Bonchev–Trinajstić information content (AvgIpc) is 2.68. The maximum absolute atomic E-state index is 12.7. The van der Waals surface area contributed by atoms with Gasteiger partial charge >= 0.3 is 12.4 Å². The molecule has 0 spiro atoms. The van der Waals surface area contributed by atoms with Crippen LogP contribution in [0.1, 0.15) is 32.1 Å². The lowest BCUT2D eigenvalue weighted by Crippen LogP contribution is -2.34. The lowest BCUT2D eigenvalue weighted by Gasteiger charge is -2.25. The highest BCUT2D eigenvalue weighted by molar-refractivity contribution is 7.99. The summed E-state index contributed by atoms with van der Waals surface area (Å²) in [5.41, 5.74) is 0.461. The first-order valence-electron chi connectivity index (χ1n) is 9.52. The van der Waals surface area contributed by atoms with Crippen molar-refractivity contribution in [3.8, 4) is 0 Å². The number of anilines is 1. The van der Waals surface area contributed by atoms with Gasteiger partial charge in [-0.15, -0.1) is 0 Å². The molecule has 0 unspecified atom stereocenters. The Morgan fingerprint density at radius 2 is 1.84 bits per heavy atom. The van der Waals surface area contributed by atoms with Crippen molar-refractivity contribution in [3.63, 3.8) is 0 Å². The summed E-state index contributed by atoms with van der Waals surface area (Å²) < 4.78 is 73.9. The van der Waals surface area contributed by atoms with E-state index in [0.29, 0.717) is 5.69 Å². The topological polar surface area (TPSA) is 69.1 Å². The molecule has 0 bridgehead atoms. The molecule has 1 amide bonds. The van der Waals surface area contributed by atoms with Gasteiger partial charge in [-0.1, -0.05) is 11.6 Å². The number of hydrogen-bond acceptors (Lipinski definition) is 5. The fourth-order valence-corrected chi connectivity index (χ4v) is 3.47. The van der Waals surface area contributed by atoms with Crippen LogP contribution in [0.25, 0.3) is 0 Å². The molecular formula is C19H23ClF6N4OS. The molecule has 1 heterocycles. The zero-order valence-electron chi connectivity index (χ0n) is 16.9. The molecule has 1 aromatic rings. The molecule has 2 N–H and O–H groups in total. The number of allylic oxidation sites excluding steroid dienone is 1. The Morgan fingerprint density at radius 1 is 1.16 bits per heavy atom. The van der Waals surface area contributed by atoms with Gasteiger partial charge in [0.25, 0.3) is 0 Å². The molecule has 0 aromatic carbocycles. The molecule has 13 heteroatoms. The smallest absolute Gasteiger partial charge is 0.358 e. The van der Waals surface area contributed by atoms with E-state index in [4.69, 9.17) is 17.0 Å². The van der Waals surface area contributed by atoms with E-state index >= 15 is 0 Å². The number of pyridine rings is 1. The fourth-order valence-electron chi connectivity index (χ4n) is 2.42. The third-order valence-corrected chi connectivity index (χ3v) is 5.12. The first-order valence-corrected chi connectivity index (χ1v) is 11.0. The summed E-state index contributed by atoms with van der Waals surface area (Å²) in [7, 11) is 0. The number of alkyl halides is 6. The Morgan fingerprint density at radius 3 is 2.41 bits per heavy atom. The molecule has 180 valence electrons. The van der Waals surface area contributed by atoms with Crippen LogP contribution in [0.15, 0.2) is 36.4 Å². The molecule has 0 saturated carbocycles. The lowest BCUT2D eigenvalue weighted by molar-refractivity contribution is -0.136. The van der Waals surface area contributed by atoms with Crippen LogP contribution in [0.5, 0.6) is 0 Å². The quantitative estimate of drug-likeness (QED) is 0.191. The third-order valence-electron chi connectivity index (χ3n) is 3.94. The van der Waals surface area contributed by atoms with Crippen LogP contribution < -0.4 is 5.32 Å². The minimum absolute atomic E-state index is 0.000861. The van der Waals surface area contributed by atoms with Gasteiger partial charge in [-0.25, -0.2) is 0 Å². The van der Waals surface area contributed by atoms with Crippen molar-refractivity contribution in [1.82, 2.24) is 9.88 Å². The Labute approximate surface area is 191 Å². The van der Waals surface area contributed by atoms with Gasteiger partial charge in [0.2, 0.25) is 5.91 Å². The predicted octanol–water partition coefficient (Wildman–Crippen LogP) is 6.19. The van der Waals surface area contributed by atoms with Crippen molar-refractivity contribution < 1.29 is 31.1 Å². The molecule has 0 radical (unpaired) electrons. The van der Waals surface area contributed by atoms with E-state index in [1.807, 2.05) is 0 Å². The Bertz CT molecular complexity index is 758. The number of unbranched alkanes of at least 4 members (excludes halogenated alkanes) is 1. The first kappa shape index (κ1) is 28.1. The molecule has 5 nitrogen and oxygen atoms in total. The molecule has 32 heavy (non-hydrogen) atoms. The van der Waals surface area contributed by atoms with Gasteiger partial charge in [-0.05, 0) is 25.0 Å². The van der Waals surface area contributed by atoms with Crippen molar-refractivity contribution >= 4 is 40.1 Å². The number of halogens is 7. The van der Waals surface area contributed by atoms with Crippen molar-refractivity contribution in [3.05, 3.63) is 36.4 Å². The molecule has 1 rings (SSSR count). The van der Waals surface area contributed by atoms with Gasteiger partial charge in [-0.3, -0.25) is 15.2 Å². The number of hydrogen-bond donors (Lipinski definition) is 2. The second kappa shape index (κ2) is 13.6. The average molecular weight is 505 g/mol. The van der Waals surface area contributed by atoms with E-state index in [-0.39, 0.29) is 43.0 Å². The zero-order chi connectivity index (χ0) is 24.2. The van der Waals surface area contributed by atoms with Crippen LogP contribution in [0.2, 0.25) is 0 Å². The second-order valence-electron chi connectivity index (χ2n) is 6.57. The summed E-state index contributed by atoms with van der Waals surface area (Å²) in [5, 5.41) is 10.1. The number of carbonyl (C=O) groups excluding carboxylic acids is 1. The number of nitrogens with one attached hydrogen (secondary N) is 2. The predicted molar refractivity (Wildman–Crippen MR) is 114 cm³/mol. The van der Waals surface area contributed by atoms with Crippen LogP contribution in [0.3, 0.4) is 0 Å². The number of nitrogens with zero attached hydrogens (tertiary/aromatic N) is 2. The highest BCUT2D eigenvalue weighted by atomic mass is 35.5. The molecule has 0 saturated heterocycles. The summed E-state index contributed by atoms with van der Waals surface area (Å²) in [5.74, 6) is -0.674. The van der Waals surface area contributed by atoms with E-state index in [0.717, 1.165) is 16.7 Å². The number of thioether (sulfide) groups is 1. The second-order valence-corrected chi connectivity index (χ2v) is 8.18. The summed E-state index contributed by atoms with van der Waals surface area (Å²) in [6, 6.07) is 3.30. The minimum atomic E-state index is -4.33. The molecule has 1 aromatic heterocycles. The molecule has 0 fully saturated rings.